The van der Waals surface area contributed by atoms with Crippen molar-refractivity contribution in [3.05, 3.63) is 52.3 Å². The Labute approximate surface area is 212 Å². The largest absolute Gasteiger partial charge is 0.497 e. The number of allylic oxidation sites excluding steroid dienone is 4. The number of amides is 4. The minimum atomic E-state index is -0.844. The van der Waals surface area contributed by atoms with Gasteiger partial charge in [0, 0.05) is 25.1 Å². The number of benzene rings is 1. The Morgan fingerprint density at radius 2 is 1.89 bits per heavy atom. The van der Waals surface area contributed by atoms with Crippen molar-refractivity contribution in [2.45, 2.75) is 54.1 Å². The van der Waals surface area contributed by atoms with Crippen LogP contribution in [0.3, 0.4) is 0 Å². The summed E-state index contributed by atoms with van der Waals surface area (Å²) >= 11 is 5.44. The first-order chi connectivity index (χ1) is 16.6. The van der Waals surface area contributed by atoms with Crippen molar-refractivity contribution < 1.29 is 23.5 Å². The second kappa shape index (κ2) is 16.3. The van der Waals surface area contributed by atoms with Crippen LogP contribution in [-0.2, 0) is 11.3 Å². The van der Waals surface area contributed by atoms with E-state index >= 15 is 0 Å². The number of urea groups is 1. The zero-order valence-corrected chi connectivity index (χ0v) is 22.3. The van der Waals surface area contributed by atoms with Gasteiger partial charge in [-0.2, -0.15) is 0 Å². The van der Waals surface area contributed by atoms with Gasteiger partial charge in [-0.05, 0) is 37.6 Å². The summed E-state index contributed by atoms with van der Waals surface area (Å²) in [7, 11) is 3.40. The number of ether oxygens (including phenoxy) is 1. The van der Waals surface area contributed by atoms with Gasteiger partial charge in [-0.15, -0.1) is 0 Å². The van der Waals surface area contributed by atoms with Crippen molar-refractivity contribution in [1.29, 1.82) is 0 Å². The first-order valence-electron chi connectivity index (χ1n) is 11.4. The Morgan fingerprint density at radius 1 is 1.26 bits per heavy atom. The van der Waals surface area contributed by atoms with E-state index in [1.807, 2.05) is 39.8 Å². The highest BCUT2D eigenvalue weighted by molar-refractivity contribution is 6.29. The van der Waals surface area contributed by atoms with E-state index in [1.165, 1.54) is 19.1 Å². The third kappa shape index (κ3) is 10.2. The smallest absolute Gasteiger partial charge is 0.322 e. The van der Waals surface area contributed by atoms with Crippen LogP contribution in [0.4, 0.5) is 9.18 Å². The van der Waals surface area contributed by atoms with Crippen molar-refractivity contribution in [3.63, 3.8) is 0 Å². The van der Waals surface area contributed by atoms with Crippen LogP contribution in [0.5, 0.6) is 5.75 Å². The van der Waals surface area contributed by atoms with Gasteiger partial charge in [-0.1, -0.05) is 63.3 Å². The molecule has 2 atom stereocenters. The fraction of sp³-hybridized carbons (Fsp3) is 0.423. The lowest BCUT2D eigenvalue weighted by Crippen LogP contribution is -2.26. The van der Waals surface area contributed by atoms with E-state index in [0.29, 0.717) is 6.54 Å². The number of carbonyl (C=O) groups is 3. The van der Waals surface area contributed by atoms with E-state index < -0.39 is 23.8 Å². The highest BCUT2D eigenvalue weighted by Crippen LogP contribution is 2.25. The first kappa shape index (κ1) is 31.7. The van der Waals surface area contributed by atoms with Gasteiger partial charge in [0.05, 0.1) is 12.1 Å². The van der Waals surface area contributed by atoms with E-state index in [4.69, 9.17) is 16.3 Å². The number of rotatable bonds is 3. The van der Waals surface area contributed by atoms with Crippen LogP contribution in [0.15, 0.2) is 41.2 Å². The van der Waals surface area contributed by atoms with Crippen molar-refractivity contribution >= 4 is 29.4 Å². The summed E-state index contributed by atoms with van der Waals surface area (Å²) in [6.07, 6.45) is 2.73. The third-order valence-electron chi connectivity index (χ3n) is 4.39. The molecule has 35 heavy (non-hydrogen) atoms. The summed E-state index contributed by atoms with van der Waals surface area (Å²) in [4.78, 5) is 35.2. The molecule has 2 aliphatic rings. The lowest BCUT2D eigenvalue weighted by molar-refractivity contribution is -0.119. The monoisotopic (exact) mass is 507 g/mol. The highest BCUT2D eigenvalue weighted by Gasteiger charge is 2.27. The molecule has 0 saturated carbocycles. The number of hydrogen-bond acceptors (Lipinski definition) is 4. The van der Waals surface area contributed by atoms with Crippen molar-refractivity contribution in [2.75, 3.05) is 14.2 Å². The number of fused-ring (bicyclic) bond motifs is 1. The quantitative estimate of drug-likeness (QED) is 0.336. The molecular formula is C26H35ClFN3O4. The summed E-state index contributed by atoms with van der Waals surface area (Å²) in [6, 6.07) is 4.21. The maximum Gasteiger partial charge on any atom is 0.322 e. The molecule has 0 bridgehead atoms. The molecule has 1 saturated heterocycles. The summed E-state index contributed by atoms with van der Waals surface area (Å²) in [6.45, 7) is 11.9. The summed E-state index contributed by atoms with van der Waals surface area (Å²) in [5, 5.41) is 4.47. The standard InChI is InChI=1S/C12H12ClFN2O2.C10H11NO2.2C2H6/c1-7(3-5-9(14)8(2)13)4-6-10-11(17)16-12(18)15-10;1-11-6-7-3-4-8(13-2)5-9(7)10(11)12;2*1-2/h3,5,7,10H,1-2H3,(H2,15,16,17,18);3-5H,6H2,1-2H3;2*1-2H3/b5-3-,9-8-;;;. The van der Waals surface area contributed by atoms with Crippen LogP contribution < -0.4 is 15.4 Å². The zero-order chi connectivity index (χ0) is 27.1. The van der Waals surface area contributed by atoms with Crippen molar-refractivity contribution in [3.8, 4) is 17.6 Å². The van der Waals surface area contributed by atoms with Crippen LogP contribution in [-0.4, -0.2) is 42.9 Å². The molecule has 2 unspecified atom stereocenters. The fourth-order valence-corrected chi connectivity index (χ4v) is 2.74. The molecule has 9 heteroatoms. The van der Waals surface area contributed by atoms with Gasteiger partial charge in [0.2, 0.25) is 0 Å². The zero-order valence-electron chi connectivity index (χ0n) is 21.6. The molecule has 192 valence electrons. The molecule has 2 aliphatic heterocycles. The molecule has 4 amide bonds. The lowest BCUT2D eigenvalue weighted by Gasteiger charge is -2.04. The minimum absolute atomic E-state index is 0.0637. The first-order valence-corrected chi connectivity index (χ1v) is 11.7. The SMILES string of the molecule is C/C(Cl)=C(F)\C=C/C(C)C#CC1NC(=O)NC1=O.CC.CC.COc1ccc2c(c1)C(=O)N(C)C2. The maximum atomic E-state index is 13.0. The average molecular weight is 508 g/mol. The number of hydrogen-bond donors (Lipinski definition) is 2. The molecule has 0 spiro atoms. The molecule has 7 nitrogen and oxygen atoms in total. The van der Waals surface area contributed by atoms with Gasteiger partial charge in [-0.25, -0.2) is 9.18 Å². The Morgan fingerprint density at radius 3 is 2.40 bits per heavy atom. The van der Waals surface area contributed by atoms with E-state index in [9.17, 15) is 18.8 Å². The average Bonchev–Trinajstić information content (AvgIpc) is 3.34. The predicted molar refractivity (Wildman–Crippen MR) is 138 cm³/mol. The molecule has 0 radical (unpaired) electrons. The third-order valence-corrected chi connectivity index (χ3v) is 4.57. The van der Waals surface area contributed by atoms with Crippen molar-refractivity contribution in [2.24, 2.45) is 5.92 Å². The fourth-order valence-electron chi connectivity index (χ4n) is 2.68. The second-order valence-electron chi connectivity index (χ2n) is 6.90. The normalized spacial score (nSPS) is 17.0. The van der Waals surface area contributed by atoms with Crippen LogP contribution in [0, 0.1) is 17.8 Å². The highest BCUT2D eigenvalue weighted by atomic mass is 35.5. The Balaban J connectivity index is 0.000000597. The Hall–Kier alpha value is -3.31. The van der Waals surface area contributed by atoms with Gasteiger partial charge < -0.3 is 15.0 Å². The van der Waals surface area contributed by atoms with Gasteiger partial charge in [-0.3, -0.25) is 14.9 Å². The van der Waals surface area contributed by atoms with E-state index in [2.05, 4.69) is 22.5 Å². The summed E-state index contributed by atoms with van der Waals surface area (Å²) < 4.78 is 18.1. The van der Waals surface area contributed by atoms with Gasteiger partial charge in [0.15, 0.2) is 6.04 Å². The molecule has 2 N–H and O–H groups in total. The van der Waals surface area contributed by atoms with Gasteiger partial charge >= 0.3 is 6.03 Å². The summed E-state index contributed by atoms with van der Waals surface area (Å²) in [5.41, 5.74) is 1.84. The molecule has 1 aromatic rings. The molecule has 0 aromatic heterocycles. The molecule has 1 fully saturated rings. The van der Waals surface area contributed by atoms with Crippen LogP contribution in [0.2, 0.25) is 0 Å². The number of methoxy groups -OCH3 is 1. The van der Waals surface area contributed by atoms with Crippen LogP contribution in [0.25, 0.3) is 0 Å². The Kier molecular flexibility index (Phi) is 14.8. The lowest BCUT2D eigenvalue weighted by atomic mass is 10.1. The van der Waals surface area contributed by atoms with E-state index in [1.54, 1.807) is 32.0 Å². The van der Waals surface area contributed by atoms with Gasteiger partial charge in [0.25, 0.3) is 11.8 Å². The number of halogens is 2. The number of nitrogens with one attached hydrogen (secondary N) is 2. The molecule has 1 aromatic carbocycles. The topological polar surface area (TPSA) is 87.7 Å². The summed E-state index contributed by atoms with van der Waals surface area (Å²) in [5.74, 6) is 4.86. The van der Waals surface area contributed by atoms with Crippen LogP contribution >= 0.6 is 11.6 Å². The molecule has 2 heterocycles. The molecule has 0 aliphatic carbocycles. The molecule has 3 rings (SSSR count). The minimum Gasteiger partial charge on any atom is -0.497 e. The van der Waals surface area contributed by atoms with Crippen molar-refractivity contribution in [1.82, 2.24) is 15.5 Å². The number of imide groups is 1. The van der Waals surface area contributed by atoms with Crippen LogP contribution in [0.1, 0.15) is 57.5 Å². The second-order valence-corrected chi connectivity index (χ2v) is 7.46. The number of carbonyl (C=O) groups excluding carboxylic acids is 3. The van der Waals surface area contributed by atoms with E-state index in [0.717, 1.165) is 16.9 Å². The number of nitrogens with zero attached hydrogens (tertiary/aromatic N) is 1. The maximum absolute atomic E-state index is 13.0. The van der Waals surface area contributed by atoms with E-state index in [-0.39, 0.29) is 16.9 Å². The van der Waals surface area contributed by atoms with Gasteiger partial charge in [0.1, 0.15) is 11.6 Å². The Bertz CT molecular complexity index is 1010. The molecular weight excluding hydrogens is 473 g/mol. The predicted octanol–water partition coefficient (Wildman–Crippen LogP) is 5.16.